The monoisotopic (exact) mass is 199 g/mol. The van der Waals surface area contributed by atoms with Gasteiger partial charge < -0.3 is 0 Å². The molecule has 2 saturated carbocycles. The van der Waals surface area contributed by atoms with Crippen molar-refractivity contribution in [1.29, 1.82) is 5.26 Å². The summed E-state index contributed by atoms with van der Waals surface area (Å²) in [5.74, 6) is 1.50. The zero-order chi connectivity index (χ0) is 10.5. The first-order chi connectivity index (χ1) is 7.23. The largest absolute Gasteiger partial charge is 0.192 e. The van der Waals surface area contributed by atoms with E-state index in [2.05, 4.69) is 25.1 Å². The van der Waals surface area contributed by atoms with E-state index in [1.54, 1.807) is 5.57 Å². The lowest BCUT2D eigenvalue weighted by molar-refractivity contribution is 0.389. The summed E-state index contributed by atoms with van der Waals surface area (Å²) in [5.41, 5.74) is 2.94. The summed E-state index contributed by atoms with van der Waals surface area (Å²) in [5, 5.41) is 9.01. The quantitative estimate of drug-likeness (QED) is 0.633. The SMILES string of the molecule is CC1(C2=CC(C#N)=C[C@@H]3CC23)CCCC1. The Balaban J connectivity index is 1.96. The normalized spacial score (nSPS) is 36.3. The molecule has 0 radical (unpaired) electrons. The molecule has 0 spiro atoms. The number of hydrogen-bond donors (Lipinski definition) is 0. The van der Waals surface area contributed by atoms with Crippen LogP contribution in [0.15, 0.2) is 23.3 Å². The van der Waals surface area contributed by atoms with Crippen molar-refractivity contribution in [3.63, 3.8) is 0 Å². The minimum Gasteiger partial charge on any atom is -0.192 e. The standard InChI is InChI=1S/C14H17N/c1-14(4-2-3-5-14)13-7-10(9-15)6-11-8-12(11)13/h6-7,11-12H,2-5,8H2,1H3/t11-,12?/m1/s1. The summed E-state index contributed by atoms with van der Waals surface area (Å²) >= 11 is 0. The first-order valence-corrected chi connectivity index (χ1v) is 6.07. The predicted octanol–water partition coefficient (Wildman–Crippen LogP) is 3.59. The van der Waals surface area contributed by atoms with E-state index in [0.29, 0.717) is 11.3 Å². The fourth-order valence-electron chi connectivity index (χ4n) is 3.45. The Morgan fingerprint density at radius 2 is 2.13 bits per heavy atom. The molecule has 0 heterocycles. The minimum atomic E-state index is 0.426. The third-order valence-corrected chi connectivity index (χ3v) is 4.48. The summed E-state index contributed by atoms with van der Waals surface area (Å²) in [6.07, 6.45) is 11.1. The van der Waals surface area contributed by atoms with E-state index in [-0.39, 0.29) is 0 Å². The van der Waals surface area contributed by atoms with Crippen LogP contribution in [0.3, 0.4) is 0 Å². The Bertz CT molecular complexity index is 388. The molecule has 0 aromatic heterocycles. The molecule has 0 amide bonds. The number of rotatable bonds is 1. The molecule has 0 aliphatic heterocycles. The van der Waals surface area contributed by atoms with Crippen LogP contribution in [0.5, 0.6) is 0 Å². The summed E-state index contributed by atoms with van der Waals surface area (Å²) in [7, 11) is 0. The van der Waals surface area contributed by atoms with Crippen LogP contribution < -0.4 is 0 Å². The topological polar surface area (TPSA) is 23.8 Å². The highest BCUT2D eigenvalue weighted by molar-refractivity contribution is 5.46. The summed E-state index contributed by atoms with van der Waals surface area (Å²) in [6.45, 7) is 2.40. The van der Waals surface area contributed by atoms with E-state index < -0.39 is 0 Å². The number of allylic oxidation sites excluding steroid dienone is 4. The summed E-state index contributed by atoms with van der Waals surface area (Å²) in [4.78, 5) is 0. The zero-order valence-electron chi connectivity index (χ0n) is 9.29. The van der Waals surface area contributed by atoms with Crippen LogP contribution in [-0.2, 0) is 0 Å². The molecule has 15 heavy (non-hydrogen) atoms. The lowest BCUT2D eigenvalue weighted by atomic mass is 9.75. The number of hydrogen-bond acceptors (Lipinski definition) is 1. The van der Waals surface area contributed by atoms with Crippen LogP contribution in [0.1, 0.15) is 39.0 Å². The Labute approximate surface area is 91.5 Å². The maximum absolute atomic E-state index is 9.01. The molecule has 0 aromatic rings. The van der Waals surface area contributed by atoms with Gasteiger partial charge in [-0.25, -0.2) is 0 Å². The Hall–Kier alpha value is -1.03. The van der Waals surface area contributed by atoms with Crippen LogP contribution in [0.2, 0.25) is 0 Å². The van der Waals surface area contributed by atoms with Crippen molar-refractivity contribution in [3.8, 4) is 6.07 Å². The molecule has 0 saturated heterocycles. The van der Waals surface area contributed by atoms with Gasteiger partial charge in [-0.1, -0.05) is 31.4 Å². The van der Waals surface area contributed by atoms with E-state index in [4.69, 9.17) is 5.26 Å². The Morgan fingerprint density at radius 1 is 1.40 bits per heavy atom. The van der Waals surface area contributed by atoms with Gasteiger partial charge in [0.1, 0.15) is 0 Å². The van der Waals surface area contributed by atoms with Crippen molar-refractivity contribution in [2.75, 3.05) is 0 Å². The highest BCUT2D eigenvalue weighted by Crippen LogP contribution is 2.58. The van der Waals surface area contributed by atoms with Gasteiger partial charge in [-0.2, -0.15) is 5.26 Å². The van der Waals surface area contributed by atoms with E-state index in [1.807, 2.05) is 0 Å². The lowest BCUT2D eigenvalue weighted by Crippen LogP contribution is -2.18. The highest BCUT2D eigenvalue weighted by atomic mass is 14.5. The van der Waals surface area contributed by atoms with Crippen molar-refractivity contribution in [3.05, 3.63) is 23.3 Å². The van der Waals surface area contributed by atoms with Gasteiger partial charge in [-0.05, 0) is 42.6 Å². The molecule has 2 atom stereocenters. The fraction of sp³-hybridized carbons (Fsp3) is 0.643. The third kappa shape index (κ3) is 1.35. The van der Waals surface area contributed by atoms with Crippen LogP contribution in [-0.4, -0.2) is 0 Å². The van der Waals surface area contributed by atoms with Crippen molar-refractivity contribution < 1.29 is 0 Å². The van der Waals surface area contributed by atoms with Crippen LogP contribution in [0, 0.1) is 28.6 Å². The molecule has 1 nitrogen and oxygen atoms in total. The second-order valence-electron chi connectivity index (χ2n) is 5.61. The number of fused-ring (bicyclic) bond motifs is 1. The van der Waals surface area contributed by atoms with Gasteiger partial charge >= 0.3 is 0 Å². The molecule has 0 aromatic carbocycles. The highest BCUT2D eigenvalue weighted by Gasteiger charge is 2.47. The van der Waals surface area contributed by atoms with Gasteiger partial charge in [0.25, 0.3) is 0 Å². The van der Waals surface area contributed by atoms with Gasteiger partial charge in [0, 0.05) is 5.57 Å². The minimum absolute atomic E-state index is 0.426. The van der Waals surface area contributed by atoms with Gasteiger partial charge in [-0.3, -0.25) is 0 Å². The average Bonchev–Trinajstić information content (AvgIpc) is 2.90. The van der Waals surface area contributed by atoms with Crippen molar-refractivity contribution in [2.45, 2.75) is 39.0 Å². The molecule has 3 aliphatic rings. The molecular weight excluding hydrogens is 182 g/mol. The molecule has 1 heteroatoms. The smallest absolute Gasteiger partial charge is 0.0988 e. The fourth-order valence-corrected chi connectivity index (χ4v) is 3.45. The van der Waals surface area contributed by atoms with Crippen LogP contribution >= 0.6 is 0 Å². The zero-order valence-corrected chi connectivity index (χ0v) is 9.29. The first-order valence-electron chi connectivity index (χ1n) is 6.07. The first kappa shape index (κ1) is 9.21. The van der Waals surface area contributed by atoms with Crippen molar-refractivity contribution >= 4 is 0 Å². The van der Waals surface area contributed by atoms with E-state index in [0.717, 1.165) is 11.5 Å². The van der Waals surface area contributed by atoms with E-state index in [9.17, 15) is 0 Å². The van der Waals surface area contributed by atoms with Crippen molar-refractivity contribution in [2.24, 2.45) is 17.3 Å². The number of nitrogens with zero attached hydrogens (tertiary/aromatic N) is 1. The molecule has 2 fully saturated rings. The summed E-state index contributed by atoms with van der Waals surface area (Å²) in [6, 6.07) is 2.32. The molecule has 1 unspecified atom stereocenters. The van der Waals surface area contributed by atoms with Crippen LogP contribution in [0.25, 0.3) is 0 Å². The Kier molecular flexibility index (Phi) is 1.83. The lowest BCUT2D eigenvalue weighted by Gasteiger charge is -2.29. The van der Waals surface area contributed by atoms with E-state index >= 15 is 0 Å². The van der Waals surface area contributed by atoms with Gasteiger partial charge in [0.2, 0.25) is 0 Å². The van der Waals surface area contributed by atoms with Gasteiger partial charge in [0.05, 0.1) is 6.07 Å². The van der Waals surface area contributed by atoms with Crippen LogP contribution in [0.4, 0.5) is 0 Å². The number of nitriles is 1. The van der Waals surface area contributed by atoms with Crippen molar-refractivity contribution in [1.82, 2.24) is 0 Å². The van der Waals surface area contributed by atoms with Gasteiger partial charge in [0.15, 0.2) is 0 Å². The summed E-state index contributed by atoms with van der Waals surface area (Å²) < 4.78 is 0. The molecule has 3 aliphatic carbocycles. The molecule has 0 N–H and O–H groups in total. The maximum atomic E-state index is 9.01. The Morgan fingerprint density at radius 3 is 2.80 bits per heavy atom. The predicted molar refractivity (Wildman–Crippen MR) is 60.0 cm³/mol. The molecule has 0 bridgehead atoms. The third-order valence-electron chi connectivity index (χ3n) is 4.48. The second kappa shape index (κ2) is 2.98. The average molecular weight is 199 g/mol. The second-order valence-corrected chi connectivity index (χ2v) is 5.61. The molecule has 3 rings (SSSR count). The molecular formula is C14H17N. The van der Waals surface area contributed by atoms with Gasteiger partial charge in [-0.15, -0.1) is 0 Å². The molecule has 78 valence electrons. The van der Waals surface area contributed by atoms with E-state index in [1.165, 1.54) is 32.1 Å². The maximum Gasteiger partial charge on any atom is 0.0988 e.